The molecule has 4 fully saturated rings. The fourth-order valence-electron chi connectivity index (χ4n) is 6.61. The molecule has 404 valence electrons. The zero-order valence-electron chi connectivity index (χ0n) is 43.5. The van der Waals surface area contributed by atoms with Gasteiger partial charge in [0.15, 0.2) is 0 Å². The Bertz CT molecular complexity index is 1550. The van der Waals surface area contributed by atoms with Gasteiger partial charge in [-0.1, -0.05) is 111 Å². The summed E-state index contributed by atoms with van der Waals surface area (Å²) in [5.74, 6) is -1.46. The first-order valence-corrected chi connectivity index (χ1v) is 25.2. The largest absolute Gasteiger partial charge is 0.508 e. The van der Waals surface area contributed by atoms with Crippen molar-refractivity contribution in [2.75, 3.05) is 72.7 Å². The molecule has 4 aliphatic rings. The van der Waals surface area contributed by atoms with Crippen molar-refractivity contribution in [3.8, 4) is 0 Å². The second kappa shape index (κ2) is 34.3. The summed E-state index contributed by atoms with van der Waals surface area (Å²) in [4.78, 5) is 89.9. The van der Waals surface area contributed by atoms with Gasteiger partial charge in [-0.15, -0.1) is 0 Å². The topological polar surface area (TPSA) is 247 Å². The van der Waals surface area contributed by atoms with E-state index in [2.05, 4.69) is 23.3 Å². The minimum atomic E-state index is -0.880. The molecule has 0 aromatic heterocycles. The second-order valence-corrected chi connectivity index (χ2v) is 19.0. The van der Waals surface area contributed by atoms with Gasteiger partial charge in [0.2, 0.25) is 0 Å². The van der Waals surface area contributed by atoms with Crippen molar-refractivity contribution in [2.45, 2.75) is 178 Å². The number of cyclic esters (lactones) is 8. The Kier molecular flexibility index (Phi) is 30.9. The van der Waals surface area contributed by atoms with Gasteiger partial charge < -0.3 is 56.8 Å². The molecule has 0 aliphatic carbocycles. The highest BCUT2D eigenvalue weighted by Gasteiger charge is 2.45. The number of hydrogen-bond donors (Lipinski definition) is 0. The third-order valence-corrected chi connectivity index (χ3v) is 11.6. The van der Waals surface area contributed by atoms with E-state index in [4.69, 9.17) is 47.4 Å². The van der Waals surface area contributed by atoms with Gasteiger partial charge in [-0.2, -0.15) is 0 Å². The van der Waals surface area contributed by atoms with Gasteiger partial charge >= 0.3 is 48.5 Å². The predicted molar refractivity (Wildman–Crippen MR) is 251 cm³/mol. The number of hydrogen-bond acceptors (Lipinski definition) is 20. The zero-order chi connectivity index (χ0) is 52.5. The zero-order valence-corrected chi connectivity index (χ0v) is 43.5. The molecule has 0 bridgehead atoms. The lowest BCUT2D eigenvalue weighted by molar-refractivity contribution is -0.172. The summed E-state index contributed by atoms with van der Waals surface area (Å²) in [6.07, 6.45) is 16.3. The molecule has 4 heterocycles. The average Bonchev–Trinajstić information content (AvgIpc) is 3.35. The molecule has 0 radical (unpaired) electrons. The number of esters is 4. The standard InChI is InChI=1S/C18H32O5.2C12H20O5.C8H12O5/c1-3-4-5-6-7-8-9-10-11-12-13-21-16(19)18(2)14-22-17(20)23-15-18;1-4-6-9(5-2)17-10(13)12(3)7-15-11(14)16-8-12;1-3-4-5-6-7-15-10(13)12(2)8-16-11(14)17-9-12;1-3-11-6(9)8(2)4-12-7(10)13-5-8/h3-15H2,1-2H3;9H,4-8H2,1-3H3;3-9H2,1-2H3;3-5H2,1-2H3. The van der Waals surface area contributed by atoms with E-state index in [1.807, 2.05) is 13.8 Å². The molecule has 0 saturated carbocycles. The maximum Gasteiger partial charge on any atom is 0.508 e. The van der Waals surface area contributed by atoms with Gasteiger partial charge in [-0.3, -0.25) is 19.2 Å². The first kappa shape index (κ1) is 63.0. The normalized spacial score (nSPS) is 18.4. The SMILES string of the molecule is CCCC(CC)OC(=O)C1(C)COC(=O)OC1.CCCCCCCCCCCCOC(=O)C1(C)COC(=O)OC1.CCCCCCOC(=O)C1(C)COC(=O)OC1.CCOC(=O)C1(C)COC(=O)OC1. The van der Waals surface area contributed by atoms with Crippen LogP contribution in [0.15, 0.2) is 0 Å². The molecule has 0 aromatic rings. The molecule has 0 aromatic carbocycles. The summed E-state index contributed by atoms with van der Waals surface area (Å²) >= 11 is 0. The van der Waals surface area contributed by atoms with Gasteiger partial charge in [0.25, 0.3) is 0 Å². The fourth-order valence-corrected chi connectivity index (χ4v) is 6.61. The minimum absolute atomic E-state index is 0.0185. The van der Waals surface area contributed by atoms with Crippen LogP contribution in [0.3, 0.4) is 0 Å². The van der Waals surface area contributed by atoms with Crippen molar-refractivity contribution in [3.05, 3.63) is 0 Å². The maximum absolute atomic E-state index is 12.0. The van der Waals surface area contributed by atoms with E-state index in [0.717, 1.165) is 57.8 Å². The van der Waals surface area contributed by atoms with E-state index in [-0.39, 0.29) is 76.9 Å². The lowest BCUT2D eigenvalue weighted by Gasteiger charge is -2.31. The summed E-state index contributed by atoms with van der Waals surface area (Å²) in [6.45, 7) is 18.1. The number of carbonyl (C=O) groups is 8. The van der Waals surface area contributed by atoms with Crippen molar-refractivity contribution >= 4 is 48.5 Å². The highest BCUT2D eigenvalue weighted by atomic mass is 16.8. The van der Waals surface area contributed by atoms with E-state index in [0.29, 0.717) is 19.8 Å². The van der Waals surface area contributed by atoms with E-state index in [9.17, 15) is 38.4 Å². The van der Waals surface area contributed by atoms with Crippen LogP contribution in [-0.4, -0.2) is 127 Å². The van der Waals surface area contributed by atoms with Gasteiger partial charge in [0.05, 0.1) is 19.8 Å². The molecular weight excluding hydrogens is 921 g/mol. The predicted octanol–water partition coefficient (Wildman–Crippen LogP) is 9.91. The van der Waals surface area contributed by atoms with Gasteiger partial charge in [0, 0.05) is 0 Å². The van der Waals surface area contributed by atoms with Gasteiger partial charge in [0.1, 0.15) is 80.6 Å². The Morgan fingerprint density at radius 2 is 0.671 bits per heavy atom. The molecule has 20 heteroatoms. The third-order valence-electron chi connectivity index (χ3n) is 11.6. The molecule has 4 aliphatic heterocycles. The first-order chi connectivity index (χ1) is 33.3. The molecule has 0 spiro atoms. The van der Waals surface area contributed by atoms with Crippen molar-refractivity contribution in [3.63, 3.8) is 0 Å². The summed E-state index contributed by atoms with van der Waals surface area (Å²) in [6, 6.07) is 0. The van der Waals surface area contributed by atoms with Crippen molar-refractivity contribution < 1.29 is 95.2 Å². The van der Waals surface area contributed by atoms with Gasteiger partial charge in [-0.05, 0) is 60.3 Å². The molecule has 1 unspecified atom stereocenters. The Hall–Kier alpha value is -5.04. The van der Waals surface area contributed by atoms with Crippen LogP contribution >= 0.6 is 0 Å². The summed E-state index contributed by atoms with van der Waals surface area (Å²) in [5, 5.41) is 0. The number of carbonyl (C=O) groups excluding carboxylic acids is 8. The number of unbranched alkanes of at least 4 members (excludes halogenated alkanes) is 12. The lowest BCUT2D eigenvalue weighted by Crippen LogP contribution is -2.45. The highest BCUT2D eigenvalue weighted by Crippen LogP contribution is 2.28. The van der Waals surface area contributed by atoms with Crippen LogP contribution < -0.4 is 0 Å². The number of ether oxygens (including phenoxy) is 12. The Balaban J connectivity index is 0.000000476. The van der Waals surface area contributed by atoms with Gasteiger partial charge in [-0.25, -0.2) is 19.2 Å². The summed E-state index contributed by atoms with van der Waals surface area (Å²) in [7, 11) is 0. The van der Waals surface area contributed by atoms with E-state index >= 15 is 0 Å². The molecular formula is C50H84O20. The quantitative estimate of drug-likeness (QED) is 0.0469. The molecule has 0 N–H and O–H groups in total. The number of rotatable bonds is 25. The van der Waals surface area contributed by atoms with Crippen LogP contribution in [-0.2, 0) is 76.0 Å². The maximum atomic E-state index is 12.0. The van der Waals surface area contributed by atoms with E-state index in [1.165, 1.54) is 51.4 Å². The first-order valence-electron chi connectivity index (χ1n) is 25.2. The van der Waals surface area contributed by atoms with E-state index < -0.39 is 52.3 Å². The molecule has 0 amide bonds. The summed E-state index contributed by atoms with van der Waals surface area (Å²) in [5.41, 5.74) is -3.47. The monoisotopic (exact) mass is 1000 g/mol. The molecule has 20 nitrogen and oxygen atoms in total. The third kappa shape index (κ3) is 24.7. The van der Waals surface area contributed by atoms with Crippen LogP contribution in [0, 0.1) is 21.7 Å². The van der Waals surface area contributed by atoms with Crippen molar-refractivity contribution in [1.82, 2.24) is 0 Å². The van der Waals surface area contributed by atoms with Crippen LogP contribution in [0.2, 0.25) is 0 Å². The fraction of sp³-hybridized carbons (Fsp3) is 0.840. The van der Waals surface area contributed by atoms with Crippen LogP contribution in [0.5, 0.6) is 0 Å². The van der Waals surface area contributed by atoms with Crippen molar-refractivity contribution in [1.29, 1.82) is 0 Å². The average molecular weight is 1010 g/mol. The van der Waals surface area contributed by atoms with Crippen LogP contribution in [0.4, 0.5) is 19.2 Å². The molecule has 4 rings (SSSR count). The van der Waals surface area contributed by atoms with Crippen LogP contribution in [0.1, 0.15) is 171 Å². The highest BCUT2D eigenvalue weighted by molar-refractivity contribution is 5.80. The minimum Gasteiger partial charge on any atom is -0.465 e. The Morgan fingerprint density at radius 1 is 0.400 bits per heavy atom. The Labute approximate surface area is 414 Å². The molecule has 1 atom stereocenters. The summed E-state index contributed by atoms with van der Waals surface area (Å²) < 4.78 is 58.2. The lowest BCUT2D eigenvalue weighted by atomic mass is 9.92. The van der Waals surface area contributed by atoms with E-state index in [1.54, 1.807) is 34.6 Å². The smallest absolute Gasteiger partial charge is 0.465 e. The van der Waals surface area contributed by atoms with Crippen molar-refractivity contribution in [2.24, 2.45) is 21.7 Å². The molecule has 4 saturated heterocycles. The molecule has 70 heavy (non-hydrogen) atoms. The Morgan fingerprint density at radius 3 is 0.957 bits per heavy atom. The van der Waals surface area contributed by atoms with Crippen LogP contribution in [0.25, 0.3) is 0 Å². The second-order valence-electron chi connectivity index (χ2n) is 19.0.